The molecular weight excluding hydrogens is 286 g/mol. The Morgan fingerprint density at radius 3 is 2.62 bits per heavy atom. The van der Waals surface area contributed by atoms with E-state index in [-0.39, 0.29) is 0 Å². The number of hydrogen-bond acceptors (Lipinski definition) is 2. The first-order valence-electron chi connectivity index (χ1n) is 6.88. The van der Waals surface area contributed by atoms with Gasteiger partial charge in [-0.3, -0.25) is 0 Å². The van der Waals surface area contributed by atoms with Crippen molar-refractivity contribution >= 4 is 22.5 Å². The van der Waals surface area contributed by atoms with Crippen molar-refractivity contribution in [2.45, 2.75) is 6.92 Å². The van der Waals surface area contributed by atoms with Crippen LogP contribution >= 0.6 is 11.6 Å². The van der Waals surface area contributed by atoms with Crippen LogP contribution in [0.5, 0.6) is 11.5 Å². The van der Waals surface area contributed by atoms with E-state index in [1.165, 1.54) is 0 Å². The molecule has 2 aliphatic rings. The Balaban J connectivity index is 2.44. The van der Waals surface area contributed by atoms with Gasteiger partial charge >= 0.3 is 0 Å². The molecule has 3 nitrogen and oxygen atoms in total. The highest BCUT2D eigenvalue weighted by Crippen LogP contribution is 2.40. The quantitative estimate of drug-likeness (QED) is 0.686. The van der Waals surface area contributed by atoms with Gasteiger partial charge in [-0.15, -0.1) is 0 Å². The molecule has 1 heterocycles. The van der Waals surface area contributed by atoms with Crippen LogP contribution in [0.1, 0.15) is 6.92 Å². The van der Waals surface area contributed by atoms with E-state index in [4.69, 9.17) is 21.1 Å². The van der Waals surface area contributed by atoms with Gasteiger partial charge in [0.25, 0.3) is 0 Å². The molecule has 1 aromatic carbocycles. The van der Waals surface area contributed by atoms with Gasteiger partial charge in [0.05, 0.1) is 24.7 Å². The maximum atomic E-state index is 6.53. The van der Waals surface area contributed by atoms with Crippen LogP contribution < -0.4 is 14.0 Å². The zero-order valence-electron chi connectivity index (χ0n) is 12.3. The minimum Gasteiger partial charge on any atom is -0.493 e. The number of fused-ring (bicyclic) bond motifs is 3. The second kappa shape index (κ2) is 5.41. The molecule has 1 aliphatic carbocycles. The van der Waals surface area contributed by atoms with Crippen molar-refractivity contribution in [1.29, 1.82) is 0 Å². The van der Waals surface area contributed by atoms with Crippen molar-refractivity contribution < 1.29 is 14.0 Å². The number of benzene rings is 1. The Morgan fingerprint density at radius 1 is 1.14 bits per heavy atom. The monoisotopic (exact) mass is 302 g/mol. The fourth-order valence-corrected chi connectivity index (χ4v) is 3.07. The summed E-state index contributed by atoms with van der Waals surface area (Å²) in [6.07, 6.45) is 0. The first-order valence-corrected chi connectivity index (χ1v) is 7.26. The van der Waals surface area contributed by atoms with Crippen molar-refractivity contribution in [2.75, 3.05) is 13.7 Å². The largest absolute Gasteiger partial charge is 0.493 e. The molecule has 0 saturated carbocycles. The van der Waals surface area contributed by atoms with Gasteiger partial charge in [-0.2, -0.15) is 4.57 Å². The Hall–Kier alpha value is -2.00. The minimum absolute atomic E-state index is 0.563. The molecule has 1 aliphatic heterocycles. The summed E-state index contributed by atoms with van der Waals surface area (Å²) in [4.78, 5) is 0. The lowest BCUT2D eigenvalue weighted by molar-refractivity contribution is -0.631. The first-order chi connectivity index (χ1) is 10.2. The van der Waals surface area contributed by atoms with Crippen LogP contribution in [0.15, 0.2) is 36.4 Å². The van der Waals surface area contributed by atoms with E-state index in [1.807, 2.05) is 38.2 Å². The van der Waals surface area contributed by atoms with E-state index in [2.05, 4.69) is 16.7 Å². The van der Waals surface area contributed by atoms with E-state index in [1.54, 1.807) is 7.11 Å². The van der Waals surface area contributed by atoms with Crippen LogP contribution in [0, 0.1) is 0 Å². The van der Waals surface area contributed by atoms with Crippen molar-refractivity contribution in [2.24, 2.45) is 7.05 Å². The maximum absolute atomic E-state index is 6.53. The molecule has 0 unspecified atom stereocenters. The standard InChI is InChI=1S/C17H17ClNO2/c1-4-21-16-10-13(18)17-12(9-15(16)20-3)11-7-5-6-8-14(11)19(17)2/h5-10H,4H2,1-3H3/q+1. The molecule has 4 heteroatoms. The van der Waals surface area contributed by atoms with Crippen molar-refractivity contribution in [3.05, 3.63) is 41.4 Å². The molecule has 0 amide bonds. The highest BCUT2D eigenvalue weighted by Gasteiger charge is 2.27. The van der Waals surface area contributed by atoms with Crippen LogP contribution in [0.3, 0.4) is 0 Å². The third kappa shape index (κ3) is 2.18. The highest BCUT2D eigenvalue weighted by molar-refractivity contribution is 6.33. The van der Waals surface area contributed by atoms with E-state index in [0.29, 0.717) is 23.1 Å². The molecule has 21 heavy (non-hydrogen) atoms. The Labute approximate surface area is 129 Å². The molecule has 0 spiro atoms. The molecule has 108 valence electrons. The van der Waals surface area contributed by atoms with Gasteiger partial charge in [0.15, 0.2) is 11.5 Å². The second-order valence-corrected chi connectivity index (χ2v) is 5.25. The predicted octanol–water partition coefficient (Wildman–Crippen LogP) is 3.83. The second-order valence-electron chi connectivity index (χ2n) is 4.84. The van der Waals surface area contributed by atoms with Gasteiger partial charge in [0.1, 0.15) is 12.1 Å². The van der Waals surface area contributed by atoms with E-state index in [9.17, 15) is 0 Å². The number of ether oxygens (including phenoxy) is 2. The molecule has 0 N–H and O–H groups in total. The van der Waals surface area contributed by atoms with Crippen LogP contribution in [-0.4, -0.2) is 13.7 Å². The molecule has 1 aromatic rings. The average Bonchev–Trinajstić information content (AvgIpc) is 2.68. The molecule has 3 rings (SSSR count). The molecular formula is C17H17ClNO2+. The minimum atomic E-state index is 0.563. The maximum Gasteiger partial charge on any atom is 0.232 e. The number of rotatable bonds is 3. The third-order valence-electron chi connectivity index (χ3n) is 3.67. The summed E-state index contributed by atoms with van der Waals surface area (Å²) < 4.78 is 13.2. The number of aryl methyl sites for hydroxylation is 1. The van der Waals surface area contributed by atoms with Gasteiger partial charge in [0, 0.05) is 12.1 Å². The van der Waals surface area contributed by atoms with E-state index in [0.717, 1.165) is 22.2 Å². The van der Waals surface area contributed by atoms with Gasteiger partial charge in [0.2, 0.25) is 11.2 Å². The molecule has 0 atom stereocenters. The van der Waals surface area contributed by atoms with Crippen LogP contribution in [0.2, 0.25) is 5.02 Å². The Bertz CT molecular complexity index is 786. The summed E-state index contributed by atoms with van der Waals surface area (Å²) in [5.74, 6) is 1.34. The van der Waals surface area contributed by atoms with Gasteiger partial charge in [-0.1, -0.05) is 23.7 Å². The van der Waals surface area contributed by atoms with Crippen molar-refractivity contribution in [3.63, 3.8) is 0 Å². The van der Waals surface area contributed by atoms with E-state index < -0.39 is 0 Å². The Kier molecular flexibility index (Phi) is 3.60. The summed E-state index contributed by atoms with van der Waals surface area (Å²) in [5, 5.41) is 1.80. The number of halogens is 1. The zero-order chi connectivity index (χ0) is 15.0. The lowest BCUT2D eigenvalue weighted by Gasteiger charge is -2.05. The van der Waals surface area contributed by atoms with Gasteiger partial charge < -0.3 is 9.47 Å². The lowest BCUT2D eigenvalue weighted by Crippen LogP contribution is -2.28. The number of methoxy groups -OCH3 is 1. The van der Waals surface area contributed by atoms with Crippen molar-refractivity contribution in [1.82, 2.24) is 0 Å². The topological polar surface area (TPSA) is 22.3 Å². The van der Waals surface area contributed by atoms with Crippen molar-refractivity contribution in [3.8, 4) is 22.8 Å². The number of nitrogens with zero attached hydrogens (tertiary/aromatic N) is 1. The Morgan fingerprint density at radius 2 is 1.90 bits per heavy atom. The molecule has 0 radical (unpaired) electrons. The summed E-state index contributed by atoms with van der Waals surface area (Å²) in [7, 11) is 3.66. The molecule has 0 fully saturated rings. The SMILES string of the molecule is CCOc1cc(Cl)c2[n+](C)c3ccccc3c-2cc1OC. The highest BCUT2D eigenvalue weighted by atomic mass is 35.5. The number of hydrogen-bond donors (Lipinski definition) is 0. The summed E-state index contributed by atoms with van der Waals surface area (Å²) in [5.41, 5.74) is 3.17. The van der Waals surface area contributed by atoms with Crippen LogP contribution in [0.4, 0.5) is 0 Å². The predicted molar refractivity (Wildman–Crippen MR) is 84.5 cm³/mol. The third-order valence-corrected chi connectivity index (χ3v) is 3.96. The van der Waals surface area contributed by atoms with E-state index >= 15 is 0 Å². The van der Waals surface area contributed by atoms with Crippen LogP contribution in [0.25, 0.3) is 22.2 Å². The summed E-state index contributed by atoms with van der Waals surface area (Å²) in [6, 6.07) is 12.0. The fourth-order valence-electron chi connectivity index (χ4n) is 2.74. The average molecular weight is 303 g/mol. The fraction of sp³-hybridized carbons (Fsp3) is 0.235. The smallest absolute Gasteiger partial charge is 0.232 e. The normalized spacial score (nSPS) is 11.0. The van der Waals surface area contributed by atoms with Gasteiger partial charge in [-0.05, 0) is 19.1 Å². The summed E-state index contributed by atoms with van der Waals surface area (Å²) >= 11 is 6.53. The molecule has 0 saturated heterocycles. The molecule has 0 bridgehead atoms. The zero-order valence-corrected chi connectivity index (χ0v) is 13.1. The summed E-state index contributed by atoms with van der Waals surface area (Å²) in [6.45, 7) is 2.50. The van der Waals surface area contributed by atoms with Crippen LogP contribution in [-0.2, 0) is 7.05 Å². The number of aromatic nitrogens is 1. The lowest BCUT2D eigenvalue weighted by atomic mass is 10.1. The number of para-hydroxylation sites is 1. The molecule has 0 aromatic heterocycles. The first kappa shape index (κ1) is 14.0. The van der Waals surface area contributed by atoms with Gasteiger partial charge in [-0.25, -0.2) is 0 Å².